The van der Waals surface area contributed by atoms with Crippen molar-refractivity contribution >= 4 is 25.8 Å². The maximum absolute atomic E-state index is 12.2. The Balaban J connectivity index is 3.19. The molecule has 1 aromatic carbocycles. The van der Waals surface area contributed by atoms with Crippen LogP contribution in [0, 0.1) is 12.3 Å². The van der Waals surface area contributed by atoms with E-state index in [4.69, 9.17) is 5.11 Å². The van der Waals surface area contributed by atoms with E-state index in [1.165, 1.54) is 0 Å². The number of halogens is 1. The number of aliphatic hydroxyl groups excluding tert-OH is 1. The van der Waals surface area contributed by atoms with E-state index < -0.39 is 15.3 Å². The third kappa shape index (κ3) is 3.53. The second-order valence-corrected chi connectivity index (χ2v) is 7.76. The molecule has 0 aliphatic heterocycles. The normalized spacial score (nSPS) is 12.8. The summed E-state index contributed by atoms with van der Waals surface area (Å²) in [5.41, 5.74) is 0.0781. The first-order valence-electron chi connectivity index (χ1n) is 5.28. The lowest BCUT2D eigenvalue weighted by Gasteiger charge is -2.21. The van der Waals surface area contributed by atoms with E-state index in [9.17, 15) is 8.42 Å². The molecule has 3 nitrogen and oxygen atoms in total. The second kappa shape index (κ2) is 5.08. The summed E-state index contributed by atoms with van der Waals surface area (Å²) in [4.78, 5) is 0.327. The predicted molar refractivity (Wildman–Crippen MR) is 71.8 cm³/mol. The van der Waals surface area contributed by atoms with Gasteiger partial charge in [-0.25, -0.2) is 8.42 Å². The molecule has 0 saturated carbocycles. The molecular formula is C12H17BrO3S. The van der Waals surface area contributed by atoms with Crippen molar-refractivity contribution in [2.45, 2.75) is 25.7 Å². The Morgan fingerprint density at radius 3 is 2.47 bits per heavy atom. The van der Waals surface area contributed by atoms with E-state index in [-0.39, 0.29) is 12.4 Å². The quantitative estimate of drug-likeness (QED) is 0.927. The largest absolute Gasteiger partial charge is 0.396 e. The average Bonchev–Trinajstić information content (AvgIpc) is 2.20. The molecule has 0 saturated heterocycles. The van der Waals surface area contributed by atoms with Crippen LogP contribution in [-0.4, -0.2) is 25.9 Å². The molecule has 0 spiro atoms. The third-order valence-corrected chi connectivity index (χ3v) is 5.69. The molecule has 1 rings (SSSR count). The van der Waals surface area contributed by atoms with Crippen molar-refractivity contribution in [1.82, 2.24) is 0 Å². The van der Waals surface area contributed by atoms with Crippen LogP contribution in [0.15, 0.2) is 27.6 Å². The van der Waals surface area contributed by atoms with Crippen molar-refractivity contribution in [2.75, 3.05) is 12.4 Å². The van der Waals surface area contributed by atoms with Crippen LogP contribution in [0.3, 0.4) is 0 Å². The molecule has 0 fully saturated rings. The highest BCUT2D eigenvalue weighted by atomic mass is 79.9. The lowest BCUT2D eigenvalue weighted by molar-refractivity contribution is 0.179. The van der Waals surface area contributed by atoms with E-state index in [1.54, 1.807) is 32.9 Å². The minimum Gasteiger partial charge on any atom is -0.396 e. The molecule has 17 heavy (non-hydrogen) atoms. The van der Waals surface area contributed by atoms with Crippen LogP contribution in [0.25, 0.3) is 0 Å². The van der Waals surface area contributed by atoms with Gasteiger partial charge in [0.2, 0.25) is 0 Å². The summed E-state index contributed by atoms with van der Waals surface area (Å²) >= 11 is 3.32. The standard InChI is InChI=1S/C12H17BrO3S/c1-9-10(13)5-4-6-11(9)17(15,16)8-12(2,3)7-14/h4-6,14H,7-8H2,1-3H3. The maximum atomic E-state index is 12.2. The Morgan fingerprint density at radius 1 is 1.35 bits per heavy atom. The van der Waals surface area contributed by atoms with Crippen molar-refractivity contribution in [3.8, 4) is 0 Å². The van der Waals surface area contributed by atoms with Gasteiger partial charge in [0.1, 0.15) is 0 Å². The molecule has 0 bridgehead atoms. The first-order valence-corrected chi connectivity index (χ1v) is 7.73. The van der Waals surface area contributed by atoms with Crippen molar-refractivity contribution < 1.29 is 13.5 Å². The predicted octanol–water partition coefficient (Wildman–Crippen LogP) is 2.55. The van der Waals surface area contributed by atoms with Crippen molar-refractivity contribution in [2.24, 2.45) is 5.41 Å². The van der Waals surface area contributed by atoms with E-state index in [1.807, 2.05) is 6.07 Å². The first kappa shape index (κ1) is 14.7. The summed E-state index contributed by atoms with van der Waals surface area (Å²) in [6.45, 7) is 5.08. The summed E-state index contributed by atoms with van der Waals surface area (Å²) in [6, 6.07) is 5.12. The molecule has 0 unspecified atom stereocenters. The first-order chi connectivity index (χ1) is 7.69. The monoisotopic (exact) mass is 320 g/mol. The molecule has 1 N–H and O–H groups in total. The number of rotatable bonds is 4. The van der Waals surface area contributed by atoms with Crippen LogP contribution < -0.4 is 0 Å². The summed E-state index contributed by atoms with van der Waals surface area (Å²) in [5, 5.41) is 9.15. The SMILES string of the molecule is Cc1c(Br)cccc1S(=O)(=O)CC(C)(C)CO. The molecule has 0 atom stereocenters. The van der Waals surface area contributed by atoms with E-state index in [0.717, 1.165) is 4.47 Å². The summed E-state index contributed by atoms with van der Waals surface area (Å²) in [6.07, 6.45) is 0. The van der Waals surface area contributed by atoms with Crippen LogP contribution in [0.5, 0.6) is 0 Å². The lowest BCUT2D eigenvalue weighted by Crippen LogP contribution is -2.28. The van der Waals surface area contributed by atoms with Gasteiger partial charge in [-0.1, -0.05) is 35.8 Å². The summed E-state index contributed by atoms with van der Waals surface area (Å²) in [7, 11) is -3.37. The van der Waals surface area contributed by atoms with Gasteiger partial charge in [0.25, 0.3) is 0 Å². The topological polar surface area (TPSA) is 54.4 Å². The van der Waals surface area contributed by atoms with Crippen LogP contribution in [0.1, 0.15) is 19.4 Å². The lowest BCUT2D eigenvalue weighted by atomic mass is 9.98. The fourth-order valence-corrected chi connectivity index (χ4v) is 4.20. The van der Waals surface area contributed by atoms with E-state index in [2.05, 4.69) is 15.9 Å². The van der Waals surface area contributed by atoms with Gasteiger partial charge in [-0.2, -0.15) is 0 Å². The molecule has 0 aromatic heterocycles. The third-order valence-electron chi connectivity index (χ3n) is 2.56. The minimum absolute atomic E-state index is 0.0617. The van der Waals surface area contributed by atoms with Crippen molar-refractivity contribution in [3.63, 3.8) is 0 Å². The van der Waals surface area contributed by atoms with Crippen molar-refractivity contribution in [1.29, 1.82) is 0 Å². The molecule has 0 aliphatic rings. The Morgan fingerprint density at radius 2 is 1.94 bits per heavy atom. The number of hydrogen-bond donors (Lipinski definition) is 1. The van der Waals surface area contributed by atoms with Crippen LogP contribution in [0.2, 0.25) is 0 Å². The van der Waals surface area contributed by atoms with Gasteiger partial charge in [0, 0.05) is 16.5 Å². The number of aliphatic hydroxyl groups is 1. The molecule has 0 radical (unpaired) electrons. The van der Waals surface area contributed by atoms with Crippen LogP contribution in [-0.2, 0) is 9.84 Å². The Bertz CT molecular complexity index is 506. The molecule has 1 aromatic rings. The highest BCUT2D eigenvalue weighted by Gasteiger charge is 2.28. The highest BCUT2D eigenvalue weighted by Crippen LogP contribution is 2.27. The molecular weight excluding hydrogens is 304 g/mol. The maximum Gasteiger partial charge on any atom is 0.179 e. The average molecular weight is 321 g/mol. The minimum atomic E-state index is -3.37. The van der Waals surface area contributed by atoms with E-state index in [0.29, 0.717) is 10.5 Å². The number of hydrogen-bond acceptors (Lipinski definition) is 3. The zero-order valence-electron chi connectivity index (χ0n) is 10.2. The number of benzene rings is 1. The van der Waals surface area contributed by atoms with Gasteiger partial charge in [-0.15, -0.1) is 0 Å². The van der Waals surface area contributed by atoms with Gasteiger partial charge in [-0.3, -0.25) is 0 Å². The van der Waals surface area contributed by atoms with Gasteiger partial charge >= 0.3 is 0 Å². The van der Waals surface area contributed by atoms with E-state index >= 15 is 0 Å². The molecule has 0 heterocycles. The Labute approximate surface area is 111 Å². The highest BCUT2D eigenvalue weighted by molar-refractivity contribution is 9.10. The van der Waals surface area contributed by atoms with Gasteiger partial charge < -0.3 is 5.11 Å². The zero-order valence-corrected chi connectivity index (χ0v) is 12.6. The molecule has 96 valence electrons. The molecule has 0 aliphatic carbocycles. The summed E-state index contributed by atoms with van der Waals surface area (Å²) in [5.74, 6) is -0.0617. The Hall–Kier alpha value is -0.390. The fourth-order valence-electron chi connectivity index (χ4n) is 1.56. The summed E-state index contributed by atoms with van der Waals surface area (Å²) < 4.78 is 25.3. The Kier molecular flexibility index (Phi) is 4.38. The fraction of sp³-hybridized carbons (Fsp3) is 0.500. The van der Waals surface area contributed by atoms with Gasteiger partial charge in [0.05, 0.1) is 10.6 Å². The zero-order chi connectivity index (χ0) is 13.3. The molecule has 0 amide bonds. The number of sulfone groups is 1. The van der Waals surface area contributed by atoms with Crippen molar-refractivity contribution in [3.05, 3.63) is 28.2 Å². The van der Waals surface area contributed by atoms with Crippen LogP contribution in [0.4, 0.5) is 0 Å². The second-order valence-electron chi connectivity index (χ2n) is 4.94. The van der Waals surface area contributed by atoms with Crippen LogP contribution >= 0.6 is 15.9 Å². The van der Waals surface area contributed by atoms with Gasteiger partial charge in [-0.05, 0) is 24.6 Å². The van der Waals surface area contributed by atoms with Gasteiger partial charge in [0.15, 0.2) is 9.84 Å². The molecule has 5 heteroatoms. The smallest absolute Gasteiger partial charge is 0.179 e.